The maximum atomic E-state index is 5.84. The van der Waals surface area contributed by atoms with E-state index in [0.29, 0.717) is 0 Å². The molecule has 0 heterocycles. The van der Waals surface area contributed by atoms with Crippen LogP contribution in [0.1, 0.15) is 11.1 Å². The van der Waals surface area contributed by atoms with Gasteiger partial charge in [-0.15, -0.1) is 0 Å². The first-order valence-electron chi connectivity index (χ1n) is 6.93. The first-order chi connectivity index (χ1) is 9.72. The molecule has 0 N–H and O–H groups in total. The zero-order valence-corrected chi connectivity index (χ0v) is 14.5. The Morgan fingerprint density at radius 3 is 1.55 bits per heavy atom. The molecule has 0 amide bonds. The van der Waals surface area contributed by atoms with Gasteiger partial charge in [-0.25, -0.2) is 0 Å². The van der Waals surface area contributed by atoms with Crippen molar-refractivity contribution in [3.63, 3.8) is 0 Å². The van der Waals surface area contributed by atoms with E-state index in [0.717, 1.165) is 25.2 Å². The summed E-state index contributed by atoms with van der Waals surface area (Å²) in [7, 11) is 1.85. The van der Waals surface area contributed by atoms with E-state index in [4.69, 9.17) is 4.52 Å². The molecular formula is C17H21OPSe. The van der Waals surface area contributed by atoms with Gasteiger partial charge in [0, 0.05) is 0 Å². The van der Waals surface area contributed by atoms with Crippen LogP contribution in [-0.4, -0.2) is 34.5 Å². The van der Waals surface area contributed by atoms with Gasteiger partial charge < -0.3 is 0 Å². The number of benzene rings is 2. The third-order valence-corrected chi connectivity index (χ3v) is 9.21. The van der Waals surface area contributed by atoms with Crippen molar-refractivity contribution in [3.05, 3.63) is 71.8 Å². The Labute approximate surface area is 129 Å². The van der Waals surface area contributed by atoms with Crippen molar-refractivity contribution in [1.82, 2.24) is 0 Å². The molecule has 0 aliphatic carbocycles. The second kappa shape index (κ2) is 7.96. The zero-order chi connectivity index (χ0) is 14.3. The molecule has 0 bridgehead atoms. The molecule has 106 valence electrons. The molecule has 2 rings (SSSR count). The summed E-state index contributed by atoms with van der Waals surface area (Å²) in [6, 6.07) is 21.3. The van der Waals surface area contributed by atoms with Crippen molar-refractivity contribution in [2.24, 2.45) is 0 Å². The summed E-state index contributed by atoms with van der Waals surface area (Å²) >= 11 is 3.37. The molecule has 2 aromatic carbocycles. The molecule has 0 saturated heterocycles. The normalized spacial score (nSPS) is 11.4. The monoisotopic (exact) mass is 352 g/mol. The summed E-state index contributed by atoms with van der Waals surface area (Å²) < 4.78 is 5.84. The Morgan fingerprint density at radius 2 is 1.20 bits per heavy atom. The first kappa shape index (κ1) is 15.7. The predicted octanol–water partition coefficient (Wildman–Crippen LogP) is 4.13. The van der Waals surface area contributed by atoms with Crippen molar-refractivity contribution in [1.29, 1.82) is 0 Å². The van der Waals surface area contributed by atoms with Crippen LogP contribution in [0.25, 0.3) is 0 Å². The predicted molar refractivity (Wildman–Crippen MR) is 89.7 cm³/mol. The minimum atomic E-state index is -1.41. The number of rotatable bonds is 7. The van der Waals surface area contributed by atoms with Gasteiger partial charge in [-0.3, -0.25) is 0 Å². The Kier molecular flexibility index (Phi) is 6.26. The third kappa shape index (κ3) is 5.03. The number of hydrogen-bond acceptors (Lipinski definition) is 1. The molecule has 20 heavy (non-hydrogen) atoms. The zero-order valence-electron chi connectivity index (χ0n) is 11.9. The molecule has 3 heteroatoms. The fourth-order valence-corrected chi connectivity index (χ4v) is 5.12. The second-order valence-corrected chi connectivity index (χ2v) is 12.0. The second-order valence-electron chi connectivity index (χ2n) is 4.92. The van der Waals surface area contributed by atoms with Crippen LogP contribution < -0.4 is 0 Å². The molecule has 0 aliphatic rings. The van der Waals surface area contributed by atoms with Crippen molar-refractivity contribution in [2.75, 3.05) is 19.4 Å². The van der Waals surface area contributed by atoms with Crippen LogP contribution in [0.4, 0.5) is 0 Å². The molecule has 0 saturated carbocycles. The van der Waals surface area contributed by atoms with Gasteiger partial charge in [0.05, 0.1) is 0 Å². The van der Waals surface area contributed by atoms with Crippen LogP contribution in [-0.2, 0) is 17.4 Å². The van der Waals surface area contributed by atoms with E-state index in [9.17, 15) is 0 Å². The first-order valence-corrected chi connectivity index (χ1v) is 11.2. The van der Waals surface area contributed by atoms with Crippen LogP contribution in [0.15, 0.2) is 60.7 Å². The molecule has 0 fully saturated rings. The van der Waals surface area contributed by atoms with Crippen molar-refractivity contribution < 1.29 is 4.52 Å². The van der Waals surface area contributed by atoms with Crippen LogP contribution in [0.2, 0.25) is 0 Å². The Bertz CT molecular complexity index is 506. The maximum absolute atomic E-state index is 5.84. The van der Waals surface area contributed by atoms with Crippen LogP contribution >= 0.6 is 5.74 Å². The van der Waals surface area contributed by atoms with Gasteiger partial charge in [-0.2, -0.15) is 0 Å². The van der Waals surface area contributed by atoms with Crippen molar-refractivity contribution >= 4 is 20.8 Å². The SMILES string of the molecule is COP(=[Se])(CCc1ccccc1)CCc1ccccc1. The average Bonchev–Trinajstić information content (AvgIpc) is 2.53. The van der Waals surface area contributed by atoms with Crippen molar-refractivity contribution in [2.45, 2.75) is 12.8 Å². The number of aryl methyl sites for hydroxylation is 2. The quantitative estimate of drug-likeness (QED) is 0.538. The van der Waals surface area contributed by atoms with Gasteiger partial charge in [0.1, 0.15) is 0 Å². The van der Waals surface area contributed by atoms with E-state index in [-0.39, 0.29) is 0 Å². The van der Waals surface area contributed by atoms with E-state index in [2.05, 4.69) is 75.8 Å². The van der Waals surface area contributed by atoms with Crippen LogP contribution in [0.5, 0.6) is 0 Å². The fraction of sp³-hybridized carbons (Fsp3) is 0.294. The van der Waals surface area contributed by atoms with E-state index in [1.807, 2.05) is 7.11 Å². The topological polar surface area (TPSA) is 9.23 Å². The fourth-order valence-electron chi connectivity index (χ4n) is 2.18. The molecule has 0 aromatic heterocycles. The summed E-state index contributed by atoms with van der Waals surface area (Å²) in [4.78, 5) is 0. The van der Waals surface area contributed by atoms with Gasteiger partial charge in [-0.05, 0) is 0 Å². The molecule has 2 aromatic rings. The minimum absolute atomic E-state index is 1.09. The molecule has 0 atom stereocenters. The van der Waals surface area contributed by atoms with Crippen molar-refractivity contribution in [3.8, 4) is 0 Å². The van der Waals surface area contributed by atoms with Gasteiger partial charge in [0.15, 0.2) is 0 Å². The number of hydrogen-bond donors (Lipinski definition) is 0. The summed E-state index contributed by atoms with van der Waals surface area (Å²) in [6.07, 6.45) is 4.40. The van der Waals surface area contributed by atoms with Gasteiger partial charge in [0.25, 0.3) is 0 Å². The van der Waals surface area contributed by atoms with Gasteiger partial charge in [-0.1, -0.05) is 0 Å². The summed E-state index contributed by atoms with van der Waals surface area (Å²) in [5.41, 5.74) is 1.38. The molecular weight excluding hydrogens is 330 g/mol. The summed E-state index contributed by atoms with van der Waals surface area (Å²) in [5.74, 6) is 0. The molecule has 0 radical (unpaired) electrons. The molecule has 0 unspecified atom stereocenters. The Morgan fingerprint density at radius 1 is 0.800 bits per heavy atom. The molecule has 1 nitrogen and oxygen atoms in total. The molecule has 0 aliphatic heterocycles. The Hall–Kier alpha value is -0.651. The third-order valence-electron chi connectivity index (χ3n) is 3.50. The van der Waals surface area contributed by atoms with Crippen LogP contribution in [0, 0.1) is 0 Å². The molecule has 0 spiro atoms. The van der Waals surface area contributed by atoms with Crippen LogP contribution in [0.3, 0.4) is 0 Å². The summed E-state index contributed by atoms with van der Waals surface area (Å²) in [5, 5.41) is 0. The van der Waals surface area contributed by atoms with Gasteiger partial charge >= 0.3 is 129 Å². The standard InChI is InChI=1S/C17H21OPSe/c1-18-19(20,14-12-16-8-4-2-5-9-16)15-13-17-10-6-3-7-11-17/h2-11H,12-15H2,1H3. The van der Waals surface area contributed by atoms with E-state index < -0.39 is 5.74 Å². The Balaban J connectivity index is 1.90. The average molecular weight is 351 g/mol. The van der Waals surface area contributed by atoms with Gasteiger partial charge in [0.2, 0.25) is 0 Å². The van der Waals surface area contributed by atoms with E-state index >= 15 is 0 Å². The summed E-state index contributed by atoms with van der Waals surface area (Å²) in [6.45, 7) is 0. The van der Waals surface area contributed by atoms with E-state index in [1.165, 1.54) is 11.1 Å². The van der Waals surface area contributed by atoms with E-state index in [1.54, 1.807) is 0 Å².